The molecule has 1 aliphatic carbocycles. The van der Waals surface area contributed by atoms with Crippen molar-refractivity contribution in [3.63, 3.8) is 0 Å². The number of pyridine rings is 1. The number of carboxylic acid groups (broad SMARTS) is 3. The van der Waals surface area contributed by atoms with Crippen LogP contribution in [-0.2, 0) is 9.59 Å². The first-order chi connectivity index (χ1) is 34.6. The lowest BCUT2D eigenvalue weighted by Crippen LogP contribution is -2.58. The Morgan fingerprint density at radius 2 is 0.753 bits per heavy atom. The van der Waals surface area contributed by atoms with Crippen molar-refractivity contribution < 1.29 is 59.4 Å². The minimum Gasteiger partial charge on any atom is -0.512 e. The lowest BCUT2D eigenvalue weighted by molar-refractivity contribution is -0.127. The number of rotatable bonds is 6. The number of aromatic nitrogens is 5. The molecule has 1 aliphatic rings. The number of hydrogen-bond donors (Lipinski definition) is 6. The molecular formula is C60H87N5O12. The first-order valence-electron chi connectivity index (χ1n) is 25.1. The molecule has 424 valence electrons. The number of carbonyl (C=O) groups is 6. The standard InChI is InChI=1S/C16H28O2.C12H16O2.C10H13NO2.2C8H10N2O2.C6H10O2/c1-10(17)11-12(18)14(4,5)16(8,9)15(6,7)13(11,2)3;1-6-7(2)9(4)12(14)11(8(6)3)10(5)13;1-5-6(2)8(4)11-9(7(5)3)10(12)13;1-4-5(2)10-7(8(11)12)6(3)9-4;1-4-5(2)9-7(8(11)12)10-6(4)3;1-4(5(2)7)6(3)8/h18H,1-9H3;14H,1-5H3;1-4H3,(H,12,13);2*1-3H3,(H,11,12);7H,1-3H3/b;;;;;5-4-. The van der Waals surface area contributed by atoms with E-state index in [2.05, 4.69) is 66.5 Å². The van der Waals surface area contributed by atoms with Gasteiger partial charge in [0.05, 0.1) is 28.4 Å². The number of carboxylic acids is 3. The van der Waals surface area contributed by atoms with Gasteiger partial charge in [-0.05, 0) is 187 Å². The van der Waals surface area contributed by atoms with Gasteiger partial charge in [0, 0.05) is 39.1 Å². The molecule has 0 saturated carbocycles. The number of phenols is 1. The predicted molar refractivity (Wildman–Crippen MR) is 301 cm³/mol. The van der Waals surface area contributed by atoms with Crippen molar-refractivity contribution in [2.45, 2.75) is 187 Å². The Bertz CT molecular complexity index is 2970. The van der Waals surface area contributed by atoms with Crippen LogP contribution in [0.2, 0.25) is 0 Å². The van der Waals surface area contributed by atoms with E-state index in [1.54, 1.807) is 55.4 Å². The highest BCUT2D eigenvalue weighted by Gasteiger charge is 2.62. The molecule has 0 saturated heterocycles. The van der Waals surface area contributed by atoms with Crippen LogP contribution in [0.15, 0.2) is 22.7 Å². The zero-order valence-corrected chi connectivity index (χ0v) is 50.9. The first-order valence-corrected chi connectivity index (χ1v) is 25.1. The lowest BCUT2D eigenvalue weighted by atomic mass is 9.41. The third-order valence-electron chi connectivity index (χ3n) is 16.6. The Kier molecular flexibility index (Phi) is 24.2. The molecule has 0 radical (unpaired) electrons. The molecule has 3 aromatic heterocycles. The summed E-state index contributed by atoms with van der Waals surface area (Å²) in [6, 6.07) is 0. The van der Waals surface area contributed by atoms with Crippen LogP contribution < -0.4 is 0 Å². The molecule has 0 spiro atoms. The summed E-state index contributed by atoms with van der Waals surface area (Å²) in [6.45, 7) is 50.3. The number of carbonyl (C=O) groups excluding carboxylic acids is 3. The topological polar surface area (TPSA) is 288 Å². The smallest absolute Gasteiger partial charge is 0.373 e. The molecule has 0 atom stereocenters. The van der Waals surface area contributed by atoms with Gasteiger partial charge in [0.1, 0.15) is 11.5 Å². The summed E-state index contributed by atoms with van der Waals surface area (Å²) in [5, 5.41) is 55.2. The van der Waals surface area contributed by atoms with Crippen molar-refractivity contribution in [3.05, 3.63) is 124 Å². The number of benzene rings is 1. The number of aliphatic hydroxyl groups excluding tert-OH is 2. The van der Waals surface area contributed by atoms with Crippen LogP contribution in [0.1, 0.15) is 211 Å². The number of aromatic hydroxyl groups is 1. The molecule has 0 amide bonds. The van der Waals surface area contributed by atoms with Crippen LogP contribution in [0.25, 0.3) is 0 Å². The Morgan fingerprint density at radius 3 is 1.12 bits per heavy atom. The molecule has 4 aromatic rings. The maximum atomic E-state index is 12.0. The van der Waals surface area contributed by atoms with Crippen LogP contribution in [0, 0.1) is 119 Å². The predicted octanol–water partition coefficient (Wildman–Crippen LogP) is 13.0. The molecule has 3 heterocycles. The van der Waals surface area contributed by atoms with Gasteiger partial charge in [-0.2, -0.15) is 0 Å². The number of nitrogens with zero attached hydrogens (tertiary/aromatic N) is 5. The van der Waals surface area contributed by atoms with E-state index < -0.39 is 23.3 Å². The number of Topliss-reactive ketones (excluding diaryl/α,β-unsaturated/α-hetero) is 3. The molecular weight excluding hydrogens is 983 g/mol. The molecule has 0 unspecified atom stereocenters. The van der Waals surface area contributed by atoms with Gasteiger partial charge in [-0.25, -0.2) is 34.3 Å². The van der Waals surface area contributed by atoms with Crippen LogP contribution in [0.4, 0.5) is 0 Å². The Balaban J connectivity index is 0.000000913. The molecule has 1 aromatic carbocycles. The lowest BCUT2D eigenvalue weighted by Gasteiger charge is -2.62. The number of ketones is 3. The number of aliphatic hydroxyl groups is 2. The van der Waals surface area contributed by atoms with Gasteiger partial charge < -0.3 is 30.6 Å². The highest BCUT2D eigenvalue weighted by Crippen LogP contribution is 2.67. The van der Waals surface area contributed by atoms with E-state index in [1.165, 1.54) is 20.8 Å². The van der Waals surface area contributed by atoms with Crippen LogP contribution in [-0.4, -0.2) is 90.8 Å². The van der Waals surface area contributed by atoms with Gasteiger partial charge in [0.25, 0.3) is 0 Å². The summed E-state index contributed by atoms with van der Waals surface area (Å²) in [7, 11) is 0. The number of hydrogen-bond acceptors (Lipinski definition) is 14. The van der Waals surface area contributed by atoms with E-state index in [4.69, 9.17) is 20.4 Å². The van der Waals surface area contributed by atoms with Gasteiger partial charge in [-0.15, -0.1) is 0 Å². The first kappa shape index (κ1) is 69.8. The monoisotopic (exact) mass is 1070 g/mol. The summed E-state index contributed by atoms with van der Waals surface area (Å²) >= 11 is 0. The molecule has 0 bridgehead atoms. The second-order valence-corrected chi connectivity index (χ2v) is 21.8. The molecule has 0 aliphatic heterocycles. The molecule has 17 nitrogen and oxygen atoms in total. The Hall–Kier alpha value is -7.17. The van der Waals surface area contributed by atoms with Gasteiger partial charge in [0.15, 0.2) is 28.7 Å². The van der Waals surface area contributed by atoms with E-state index >= 15 is 0 Å². The number of phenolic OH excluding ortho intramolecular Hbond substituents is 1. The second kappa shape index (κ2) is 26.7. The van der Waals surface area contributed by atoms with E-state index in [0.717, 1.165) is 67.3 Å². The van der Waals surface area contributed by atoms with Gasteiger partial charge in [0.2, 0.25) is 5.82 Å². The highest BCUT2D eigenvalue weighted by atomic mass is 16.4. The molecule has 77 heavy (non-hydrogen) atoms. The van der Waals surface area contributed by atoms with E-state index in [-0.39, 0.29) is 68.1 Å². The van der Waals surface area contributed by atoms with Gasteiger partial charge in [-0.1, -0.05) is 55.4 Å². The van der Waals surface area contributed by atoms with E-state index in [0.29, 0.717) is 28.1 Å². The fraction of sp³-hybridized carbons (Fsp3) is 0.517. The van der Waals surface area contributed by atoms with Crippen molar-refractivity contribution >= 4 is 35.3 Å². The SMILES string of the molecule is CC(=O)/C(C)=C(/C)O.CC(=O)C1=C(O)C(C)(C)C(C)(C)C(C)(C)C1(C)C.CC(=O)c1c(C)c(C)c(C)c(C)c1O.Cc1nc(C(=O)O)c(C)c(C)c1C.Cc1nc(C(=O)O)nc(C)c1C.Cc1nc(C)c(C(=O)O)nc1C. The average molecular weight is 1070 g/mol. The highest BCUT2D eigenvalue weighted by molar-refractivity contribution is 5.99. The Morgan fingerprint density at radius 1 is 0.377 bits per heavy atom. The summed E-state index contributed by atoms with van der Waals surface area (Å²) in [5.41, 5.74) is 12.5. The maximum Gasteiger partial charge on any atom is 0.373 e. The van der Waals surface area contributed by atoms with Crippen molar-refractivity contribution in [3.8, 4) is 5.75 Å². The van der Waals surface area contributed by atoms with Crippen LogP contribution >= 0.6 is 0 Å². The number of aromatic carboxylic acids is 3. The van der Waals surface area contributed by atoms with Crippen LogP contribution in [0.3, 0.4) is 0 Å². The minimum absolute atomic E-state index is 0.0193. The molecule has 17 heteroatoms. The summed E-state index contributed by atoms with van der Waals surface area (Å²) in [4.78, 5) is 85.2. The van der Waals surface area contributed by atoms with Crippen molar-refractivity contribution in [1.29, 1.82) is 0 Å². The quantitative estimate of drug-likeness (QED) is 0.0594. The fourth-order valence-corrected chi connectivity index (χ4v) is 8.42. The Labute approximate surface area is 456 Å². The zero-order valence-electron chi connectivity index (χ0n) is 50.9. The van der Waals surface area contributed by atoms with E-state index in [1.807, 2.05) is 69.2 Å². The van der Waals surface area contributed by atoms with Crippen molar-refractivity contribution in [2.24, 2.45) is 21.7 Å². The normalized spacial score (nSPS) is 14.6. The molecule has 0 fully saturated rings. The zero-order chi connectivity index (χ0) is 61.3. The minimum atomic E-state index is -1.08. The third-order valence-corrected chi connectivity index (χ3v) is 16.6. The maximum absolute atomic E-state index is 12.0. The number of allylic oxidation sites excluding steroid dienone is 4. The van der Waals surface area contributed by atoms with Crippen molar-refractivity contribution in [1.82, 2.24) is 24.9 Å². The summed E-state index contributed by atoms with van der Waals surface area (Å²) in [5.74, 6) is -2.85. The van der Waals surface area contributed by atoms with Gasteiger partial charge in [-0.3, -0.25) is 19.4 Å². The third kappa shape index (κ3) is 15.7. The summed E-state index contributed by atoms with van der Waals surface area (Å²) in [6.07, 6.45) is 0. The van der Waals surface area contributed by atoms with E-state index in [9.17, 15) is 39.0 Å². The van der Waals surface area contributed by atoms with Crippen LogP contribution in [0.5, 0.6) is 5.75 Å². The molecule has 6 N–H and O–H groups in total. The largest absolute Gasteiger partial charge is 0.512 e. The fourth-order valence-electron chi connectivity index (χ4n) is 8.42. The summed E-state index contributed by atoms with van der Waals surface area (Å²) < 4.78 is 0. The molecule has 5 rings (SSSR count). The number of aryl methyl sites for hydroxylation is 6. The second-order valence-electron chi connectivity index (χ2n) is 21.8. The van der Waals surface area contributed by atoms with Crippen molar-refractivity contribution in [2.75, 3.05) is 0 Å². The van der Waals surface area contributed by atoms with Gasteiger partial charge >= 0.3 is 17.9 Å². The average Bonchev–Trinajstić information content (AvgIpc) is 3.30.